The number of hydrogen-bond acceptors (Lipinski definition) is 2. The van der Waals surface area contributed by atoms with Gasteiger partial charge in [0.05, 0.1) is 17.7 Å². The molecule has 0 aliphatic carbocycles. The Morgan fingerprint density at radius 2 is 2.00 bits per heavy atom. The number of carbonyl (C=O) groups is 1. The summed E-state index contributed by atoms with van der Waals surface area (Å²) in [4.78, 5) is 10.7. The summed E-state index contributed by atoms with van der Waals surface area (Å²) in [5.74, 6) is -2.30. The predicted octanol–water partition coefficient (Wildman–Crippen LogP) is 2.89. The van der Waals surface area contributed by atoms with Gasteiger partial charge in [-0.05, 0) is 12.1 Å². The molecule has 0 heterocycles. The number of para-hydroxylation sites is 1. The van der Waals surface area contributed by atoms with E-state index in [0.29, 0.717) is 0 Å². The van der Waals surface area contributed by atoms with Crippen LogP contribution in [0.5, 0.6) is 0 Å². The molecular formula is C10H9F4NO2. The summed E-state index contributed by atoms with van der Waals surface area (Å²) in [5, 5.41) is 10.9. The quantitative estimate of drug-likeness (QED) is 0.809. The van der Waals surface area contributed by atoms with Crippen molar-refractivity contribution in [3.8, 4) is 0 Å². The van der Waals surface area contributed by atoms with Crippen molar-refractivity contribution < 1.29 is 27.5 Å². The maximum absolute atomic E-state index is 13.2. The van der Waals surface area contributed by atoms with Crippen LogP contribution in [0.25, 0.3) is 0 Å². The first-order chi connectivity index (χ1) is 7.81. The van der Waals surface area contributed by atoms with Crippen LogP contribution in [0.4, 0.5) is 23.2 Å². The normalized spacial score (nSPS) is 11.3. The summed E-state index contributed by atoms with van der Waals surface area (Å²) >= 11 is 0. The fourth-order valence-electron chi connectivity index (χ4n) is 1.21. The summed E-state index contributed by atoms with van der Waals surface area (Å²) in [5.41, 5.74) is -0.823. The highest BCUT2D eigenvalue weighted by Gasteiger charge is 2.26. The Hall–Kier alpha value is -1.79. The van der Waals surface area contributed by atoms with Gasteiger partial charge in [-0.25, -0.2) is 9.18 Å². The zero-order valence-electron chi connectivity index (χ0n) is 8.51. The SMILES string of the molecule is O=C(O)c1cccc(F)c1NCCC(F)(F)F. The molecule has 0 atom stereocenters. The van der Waals surface area contributed by atoms with Crippen molar-refractivity contribution in [3.63, 3.8) is 0 Å². The zero-order valence-corrected chi connectivity index (χ0v) is 8.51. The lowest BCUT2D eigenvalue weighted by atomic mass is 10.1. The first-order valence-electron chi connectivity index (χ1n) is 4.63. The summed E-state index contributed by atoms with van der Waals surface area (Å²) in [6.07, 6.45) is -5.54. The Labute approximate surface area is 94.1 Å². The fourth-order valence-corrected chi connectivity index (χ4v) is 1.21. The molecule has 2 N–H and O–H groups in total. The summed E-state index contributed by atoms with van der Waals surface area (Å²) < 4.78 is 48.8. The van der Waals surface area contributed by atoms with Gasteiger partial charge in [0.1, 0.15) is 5.82 Å². The Morgan fingerprint density at radius 3 is 2.53 bits per heavy atom. The molecular weight excluding hydrogens is 242 g/mol. The van der Waals surface area contributed by atoms with Crippen molar-refractivity contribution in [1.82, 2.24) is 0 Å². The van der Waals surface area contributed by atoms with Crippen molar-refractivity contribution in [1.29, 1.82) is 0 Å². The second kappa shape index (κ2) is 5.03. The maximum atomic E-state index is 13.2. The highest BCUT2D eigenvalue weighted by molar-refractivity contribution is 5.94. The summed E-state index contributed by atoms with van der Waals surface area (Å²) in [6, 6.07) is 3.26. The molecule has 7 heteroatoms. The largest absolute Gasteiger partial charge is 0.478 e. The van der Waals surface area contributed by atoms with Crippen LogP contribution in [-0.4, -0.2) is 23.8 Å². The molecule has 0 unspecified atom stereocenters. The Bertz CT molecular complexity index is 417. The molecule has 0 bridgehead atoms. The van der Waals surface area contributed by atoms with Crippen molar-refractivity contribution in [2.24, 2.45) is 0 Å². The molecule has 0 spiro atoms. The van der Waals surface area contributed by atoms with E-state index in [4.69, 9.17) is 5.11 Å². The lowest BCUT2D eigenvalue weighted by Crippen LogP contribution is -2.16. The highest BCUT2D eigenvalue weighted by atomic mass is 19.4. The van der Waals surface area contributed by atoms with Gasteiger partial charge < -0.3 is 10.4 Å². The molecule has 0 aromatic heterocycles. The number of anilines is 1. The van der Waals surface area contributed by atoms with Gasteiger partial charge in [0.2, 0.25) is 0 Å². The topological polar surface area (TPSA) is 49.3 Å². The molecule has 0 amide bonds. The first-order valence-corrected chi connectivity index (χ1v) is 4.63. The number of nitrogens with one attached hydrogen (secondary N) is 1. The van der Waals surface area contributed by atoms with E-state index >= 15 is 0 Å². The predicted molar refractivity (Wildman–Crippen MR) is 52.5 cm³/mol. The Morgan fingerprint density at radius 1 is 1.35 bits per heavy atom. The number of rotatable bonds is 4. The molecule has 0 saturated heterocycles. The third kappa shape index (κ3) is 3.93. The smallest absolute Gasteiger partial charge is 0.390 e. The van der Waals surface area contributed by atoms with E-state index in [9.17, 15) is 22.4 Å². The van der Waals surface area contributed by atoms with Crippen molar-refractivity contribution in [2.75, 3.05) is 11.9 Å². The lowest BCUT2D eigenvalue weighted by Gasteiger charge is -2.11. The minimum absolute atomic E-state index is 0.396. The van der Waals surface area contributed by atoms with Crippen molar-refractivity contribution in [3.05, 3.63) is 29.6 Å². The van der Waals surface area contributed by atoms with Crippen LogP contribution < -0.4 is 5.32 Å². The van der Waals surface area contributed by atoms with E-state index in [0.717, 1.165) is 12.1 Å². The molecule has 0 saturated carbocycles. The molecule has 0 aliphatic heterocycles. The third-order valence-corrected chi connectivity index (χ3v) is 1.95. The van der Waals surface area contributed by atoms with E-state index in [2.05, 4.69) is 5.32 Å². The molecule has 3 nitrogen and oxygen atoms in total. The van der Waals surface area contributed by atoms with Crippen LogP contribution in [0.2, 0.25) is 0 Å². The van der Waals surface area contributed by atoms with Gasteiger partial charge >= 0.3 is 12.1 Å². The number of carboxylic acid groups (broad SMARTS) is 1. The number of hydrogen-bond donors (Lipinski definition) is 2. The number of halogens is 4. The van der Waals surface area contributed by atoms with Crippen LogP contribution in [0.3, 0.4) is 0 Å². The summed E-state index contributed by atoms with van der Waals surface area (Å²) in [7, 11) is 0. The molecule has 0 fully saturated rings. The van der Waals surface area contributed by atoms with Gasteiger partial charge in [0.25, 0.3) is 0 Å². The van der Waals surface area contributed by atoms with E-state index in [1.54, 1.807) is 0 Å². The molecule has 0 radical (unpaired) electrons. The van der Waals surface area contributed by atoms with Crippen molar-refractivity contribution >= 4 is 11.7 Å². The third-order valence-electron chi connectivity index (χ3n) is 1.95. The standard InChI is InChI=1S/C10H9F4NO2/c11-7-3-1-2-6(9(16)17)8(7)15-5-4-10(12,13)14/h1-3,15H,4-5H2,(H,16,17). The zero-order chi connectivity index (χ0) is 13.1. The van der Waals surface area contributed by atoms with Crippen LogP contribution in [-0.2, 0) is 0 Å². The molecule has 94 valence electrons. The minimum Gasteiger partial charge on any atom is -0.478 e. The monoisotopic (exact) mass is 251 g/mol. The molecule has 1 aromatic rings. The minimum atomic E-state index is -4.37. The lowest BCUT2D eigenvalue weighted by molar-refractivity contribution is -0.131. The first kappa shape index (κ1) is 13.3. The molecule has 1 aromatic carbocycles. The number of alkyl halides is 3. The number of aromatic carboxylic acids is 1. The van der Waals surface area contributed by atoms with E-state index in [1.807, 2.05) is 0 Å². The van der Waals surface area contributed by atoms with Crippen LogP contribution >= 0.6 is 0 Å². The van der Waals surface area contributed by atoms with Crippen LogP contribution in [0, 0.1) is 5.82 Å². The van der Waals surface area contributed by atoms with Crippen molar-refractivity contribution in [2.45, 2.75) is 12.6 Å². The highest BCUT2D eigenvalue weighted by Crippen LogP contribution is 2.22. The Kier molecular flexibility index (Phi) is 3.93. The second-order valence-corrected chi connectivity index (χ2v) is 3.26. The molecule has 1 rings (SSSR count). The molecule has 17 heavy (non-hydrogen) atoms. The number of benzene rings is 1. The average Bonchev–Trinajstić information content (AvgIpc) is 2.18. The van der Waals surface area contributed by atoms with Gasteiger partial charge in [-0.1, -0.05) is 6.07 Å². The van der Waals surface area contributed by atoms with Gasteiger partial charge in [-0.15, -0.1) is 0 Å². The van der Waals surface area contributed by atoms with Gasteiger partial charge in [-0.3, -0.25) is 0 Å². The van der Waals surface area contributed by atoms with E-state index in [1.165, 1.54) is 6.07 Å². The van der Waals surface area contributed by atoms with Gasteiger partial charge in [0.15, 0.2) is 0 Å². The Balaban J connectivity index is 2.79. The summed E-state index contributed by atoms with van der Waals surface area (Å²) in [6.45, 7) is -0.579. The molecule has 0 aliphatic rings. The van der Waals surface area contributed by atoms with E-state index < -0.39 is 42.2 Å². The number of carboxylic acids is 1. The van der Waals surface area contributed by atoms with Gasteiger partial charge in [0, 0.05) is 6.54 Å². The van der Waals surface area contributed by atoms with Crippen LogP contribution in [0.15, 0.2) is 18.2 Å². The van der Waals surface area contributed by atoms with E-state index in [-0.39, 0.29) is 0 Å². The second-order valence-electron chi connectivity index (χ2n) is 3.26. The van der Waals surface area contributed by atoms with Gasteiger partial charge in [-0.2, -0.15) is 13.2 Å². The van der Waals surface area contributed by atoms with Crippen LogP contribution in [0.1, 0.15) is 16.8 Å². The fraction of sp³-hybridized carbons (Fsp3) is 0.300. The maximum Gasteiger partial charge on any atom is 0.390 e. The average molecular weight is 251 g/mol.